The second-order valence-corrected chi connectivity index (χ2v) is 5.07. The Morgan fingerprint density at radius 1 is 1.23 bits per heavy atom. The van der Waals surface area contributed by atoms with Gasteiger partial charge in [-0.25, -0.2) is 0 Å². The van der Waals surface area contributed by atoms with Gasteiger partial charge >= 0.3 is 0 Å². The minimum atomic E-state index is 0.780. The molecule has 80 valence electrons. The fourth-order valence-electron chi connectivity index (χ4n) is 1.76. The lowest BCUT2D eigenvalue weighted by atomic mass is 10.1. The zero-order valence-electron chi connectivity index (χ0n) is 9.52. The molecule has 0 aliphatic rings. The van der Waals surface area contributed by atoms with E-state index < -0.39 is 0 Å². The molecule has 0 spiro atoms. The largest absolute Gasteiger partial charge is 0.306 e. The Bertz CT molecular complexity index is 115. The highest BCUT2D eigenvalue weighted by atomic mass is 79.9. The van der Waals surface area contributed by atoms with E-state index in [1.54, 1.807) is 0 Å². The SMILES string of the molecule is CCCC(CBr)CN(C)CC(C)C. The number of nitrogens with zero attached hydrogens (tertiary/aromatic N) is 1. The molecule has 0 fully saturated rings. The standard InChI is InChI=1S/C11H24BrN/c1-5-6-11(7-12)9-13(4)8-10(2)3/h10-11H,5-9H2,1-4H3. The van der Waals surface area contributed by atoms with Gasteiger partial charge in [0.2, 0.25) is 0 Å². The topological polar surface area (TPSA) is 3.24 Å². The van der Waals surface area contributed by atoms with E-state index in [1.165, 1.54) is 25.9 Å². The highest BCUT2D eigenvalue weighted by Crippen LogP contribution is 2.11. The minimum absolute atomic E-state index is 0.780. The average Bonchev–Trinajstić information content (AvgIpc) is 2.02. The predicted octanol–water partition coefficient (Wildman–Crippen LogP) is 3.39. The second-order valence-electron chi connectivity index (χ2n) is 4.42. The van der Waals surface area contributed by atoms with E-state index in [0.717, 1.165) is 17.2 Å². The number of rotatable bonds is 7. The normalized spacial score (nSPS) is 14.1. The van der Waals surface area contributed by atoms with Crippen molar-refractivity contribution in [2.45, 2.75) is 33.6 Å². The van der Waals surface area contributed by atoms with Gasteiger partial charge in [-0.2, -0.15) is 0 Å². The van der Waals surface area contributed by atoms with E-state index in [0.29, 0.717) is 0 Å². The number of halogens is 1. The Morgan fingerprint density at radius 2 is 1.85 bits per heavy atom. The summed E-state index contributed by atoms with van der Waals surface area (Å²) in [5.74, 6) is 1.61. The molecule has 0 aromatic rings. The van der Waals surface area contributed by atoms with Crippen LogP contribution in [0.15, 0.2) is 0 Å². The molecule has 1 nitrogen and oxygen atoms in total. The highest BCUT2D eigenvalue weighted by Gasteiger charge is 2.09. The molecule has 0 aromatic heterocycles. The molecule has 0 saturated heterocycles. The molecule has 13 heavy (non-hydrogen) atoms. The second kappa shape index (κ2) is 7.81. The first-order valence-corrected chi connectivity index (χ1v) is 6.46. The fourth-order valence-corrected chi connectivity index (χ4v) is 2.29. The van der Waals surface area contributed by atoms with Gasteiger partial charge in [0, 0.05) is 18.4 Å². The smallest absolute Gasteiger partial charge is 0.00718 e. The summed E-state index contributed by atoms with van der Waals surface area (Å²) in [5, 5.41) is 1.14. The van der Waals surface area contributed by atoms with Crippen molar-refractivity contribution in [1.82, 2.24) is 4.90 Å². The lowest BCUT2D eigenvalue weighted by Crippen LogP contribution is -2.29. The molecule has 0 saturated carbocycles. The van der Waals surface area contributed by atoms with E-state index >= 15 is 0 Å². The molecule has 0 bridgehead atoms. The Hall–Kier alpha value is 0.440. The van der Waals surface area contributed by atoms with E-state index in [2.05, 4.69) is 48.6 Å². The third-order valence-electron chi connectivity index (χ3n) is 2.16. The molecule has 0 radical (unpaired) electrons. The first-order valence-electron chi connectivity index (χ1n) is 5.34. The Morgan fingerprint density at radius 3 is 2.23 bits per heavy atom. The summed E-state index contributed by atoms with van der Waals surface area (Å²) in [5.41, 5.74) is 0. The molecule has 2 heteroatoms. The van der Waals surface area contributed by atoms with Crippen molar-refractivity contribution >= 4 is 15.9 Å². The monoisotopic (exact) mass is 249 g/mol. The number of hydrogen-bond donors (Lipinski definition) is 0. The van der Waals surface area contributed by atoms with Crippen LogP contribution in [0.1, 0.15) is 33.6 Å². The average molecular weight is 250 g/mol. The number of alkyl halides is 1. The summed E-state index contributed by atoms with van der Waals surface area (Å²) in [4.78, 5) is 2.45. The van der Waals surface area contributed by atoms with Crippen molar-refractivity contribution in [1.29, 1.82) is 0 Å². The van der Waals surface area contributed by atoms with Gasteiger partial charge in [-0.3, -0.25) is 0 Å². The van der Waals surface area contributed by atoms with Crippen LogP contribution in [-0.4, -0.2) is 30.4 Å². The van der Waals surface area contributed by atoms with Crippen LogP contribution >= 0.6 is 15.9 Å². The summed E-state index contributed by atoms with van der Waals surface area (Å²) in [6, 6.07) is 0. The molecular formula is C11H24BrN. The first-order chi connectivity index (χ1) is 6.10. The molecule has 0 heterocycles. The van der Waals surface area contributed by atoms with Crippen LogP contribution in [0, 0.1) is 11.8 Å². The summed E-state index contributed by atoms with van der Waals surface area (Å²) >= 11 is 3.58. The molecule has 0 amide bonds. The van der Waals surface area contributed by atoms with Gasteiger partial charge in [-0.05, 0) is 25.3 Å². The number of hydrogen-bond acceptors (Lipinski definition) is 1. The molecule has 0 aromatic carbocycles. The summed E-state index contributed by atoms with van der Waals surface area (Å²) in [6.45, 7) is 9.27. The Balaban J connectivity index is 3.65. The van der Waals surface area contributed by atoms with Crippen molar-refractivity contribution in [2.75, 3.05) is 25.5 Å². The maximum atomic E-state index is 3.58. The summed E-state index contributed by atoms with van der Waals surface area (Å²) < 4.78 is 0. The molecule has 0 aliphatic heterocycles. The molecule has 1 unspecified atom stereocenters. The lowest BCUT2D eigenvalue weighted by Gasteiger charge is -2.23. The van der Waals surface area contributed by atoms with Gasteiger partial charge in [-0.15, -0.1) is 0 Å². The van der Waals surface area contributed by atoms with Crippen LogP contribution in [0.5, 0.6) is 0 Å². The zero-order chi connectivity index (χ0) is 10.3. The third kappa shape index (κ3) is 7.51. The minimum Gasteiger partial charge on any atom is -0.306 e. The van der Waals surface area contributed by atoms with E-state index in [9.17, 15) is 0 Å². The predicted molar refractivity (Wildman–Crippen MR) is 64.5 cm³/mol. The summed E-state index contributed by atoms with van der Waals surface area (Å²) in [6.07, 6.45) is 2.64. The van der Waals surface area contributed by atoms with Crippen LogP contribution in [0.2, 0.25) is 0 Å². The molecule has 0 aliphatic carbocycles. The van der Waals surface area contributed by atoms with Gasteiger partial charge in [-0.1, -0.05) is 43.1 Å². The van der Waals surface area contributed by atoms with Crippen molar-refractivity contribution in [3.05, 3.63) is 0 Å². The Labute approximate surface area is 92.0 Å². The van der Waals surface area contributed by atoms with Crippen molar-refractivity contribution in [3.8, 4) is 0 Å². The molecule has 0 N–H and O–H groups in total. The Kier molecular flexibility index (Phi) is 8.07. The van der Waals surface area contributed by atoms with Gasteiger partial charge in [0.1, 0.15) is 0 Å². The quantitative estimate of drug-likeness (QED) is 0.626. The van der Waals surface area contributed by atoms with Crippen LogP contribution in [0.25, 0.3) is 0 Å². The molecule has 1 atom stereocenters. The van der Waals surface area contributed by atoms with Crippen molar-refractivity contribution in [2.24, 2.45) is 11.8 Å². The highest BCUT2D eigenvalue weighted by molar-refractivity contribution is 9.09. The maximum Gasteiger partial charge on any atom is 0.00718 e. The van der Waals surface area contributed by atoms with Gasteiger partial charge in [0.25, 0.3) is 0 Å². The summed E-state index contributed by atoms with van der Waals surface area (Å²) in [7, 11) is 2.23. The van der Waals surface area contributed by atoms with E-state index in [-0.39, 0.29) is 0 Å². The first kappa shape index (κ1) is 13.4. The zero-order valence-corrected chi connectivity index (χ0v) is 11.1. The van der Waals surface area contributed by atoms with Crippen molar-refractivity contribution in [3.63, 3.8) is 0 Å². The van der Waals surface area contributed by atoms with Crippen LogP contribution in [0.4, 0.5) is 0 Å². The van der Waals surface area contributed by atoms with Crippen molar-refractivity contribution < 1.29 is 0 Å². The van der Waals surface area contributed by atoms with Gasteiger partial charge in [0.05, 0.1) is 0 Å². The van der Waals surface area contributed by atoms with Gasteiger partial charge in [0.15, 0.2) is 0 Å². The van der Waals surface area contributed by atoms with Crippen LogP contribution < -0.4 is 0 Å². The maximum absolute atomic E-state index is 3.58. The van der Waals surface area contributed by atoms with E-state index in [1.807, 2.05) is 0 Å². The van der Waals surface area contributed by atoms with Crippen LogP contribution in [-0.2, 0) is 0 Å². The van der Waals surface area contributed by atoms with Crippen LogP contribution in [0.3, 0.4) is 0 Å². The third-order valence-corrected chi connectivity index (χ3v) is 3.08. The lowest BCUT2D eigenvalue weighted by molar-refractivity contribution is 0.254. The van der Waals surface area contributed by atoms with E-state index in [4.69, 9.17) is 0 Å². The molecule has 0 rings (SSSR count). The molecular weight excluding hydrogens is 226 g/mol. The fraction of sp³-hybridized carbons (Fsp3) is 1.00. The van der Waals surface area contributed by atoms with Gasteiger partial charge < -0.3 is 4.90 Å².